The van der Waals surface area contributed by atoms with E-state index in [2.05, 4.69) is 5.32 Å². The highest BCUT2D eigenvalue weighted by atomic mass is 19.1. The van der Waals surface area contributed by atoms with Crippen LogP contribution in [0.1, 0.15) is 26.7 Å². The van der Waals surface area contributed by atoms with E-state index < -0.39 is 42.7 Å². The third-order valence-corrected chi connectivity index (χ3v) is 5.97. The average Bonchev–Trinajstić information content (AvgIpc) is 2.81. The van der Waals surface area contributed by atoms with Crippen molar-refractivity contribution < 1.29 is 28.7 Å². The number of carboxylic acid groups (broad SMARTS) is 1. The molecule has 0 aromatic heterocycles. The number of alkyl halides is 1. The molecule has 2 aromatic rings. The van der Waals surface area contributed by atoms with Gasteiger partial charge in [0.1, 0.15) is 12.7 Å². The lowest BCUT2D eigenvalue weighted by atomic mass is 9.90. The Morgan fingerprint density at radius 2 is 1.41 bits per heavy atom. The van der Waals surface area contributed by atoms with E-state index in [-0.39, 0.29) is 18.2 Å². The summed E-state index contributed by atoms with van der Waals surface area (Å²) in [4.78, 5) is 53.1. The molecule has 0 radical (unpaired) electrons. The first-order valence-electron chi connectivity index (χ1n) is 11.0. The summed E-state index contributed by atoms with van der Waals surface area (Å²) in [6.07, 6.45) is -0.911. The molecular weight excluding hydrogens is 441 g/mol. The van der Waals surface area contributed by atoms with E-state index >= 15 is 0 Å². The van der Waals surface area contributed by atoms with Crippen LogP contribution in [-0.4, -0.2) is 48.4 Å². The summed E-state index contributed by atoms with van der Waals surface area (Å²) in [6, 6.07) is 13.4. The van der Waals surface area contributed by atoms with Crippen LogP contribution in [0.3, 0.4) is 0 Å². The number of carboxylic acids is 1. The Morgan fingerprint density at radius 1 is 0.912 bits per heavy atom. The largest absolute Gasteiger partial charge is 0.481 e. The van der Waals surface area contributed by atoms with Crippen molar-refractivity contribution in [3.8, 4) is 0 Å². The molecular formula is C25H28FN3O5. The van der Waals surface area contributed by atoms with Crippen molar-refractivity contribution in [3.63, 3.8) is 0 Å². The van der Waals surface area contributed by atoms with Crippen LogP contribution in [0.25, 0.3) is 0 Å². The minimum absolute atomic E-state index is 0.181. The normalized spacial score (nSPS) is 14.1. The summed E-state index contributed by atoms with van der Waals surface area (Å²) in [6.45, 7) is 2.12. The van der Waals surface area contributed by atoms with Gasteiger partial charge >= 0.3 is 5.97 Å². The number of anilines is 4. The Morgan fingerprint density at radius 3 is 1.85 bits per heavy atom. The molecule has 0 saturated carbocycles. The topological polar surface area (TPSA) is 107 Å². The van der Waals surface area contributed by atoms with Gasteiger partial charge in [0.2, 0.25) is 11.8 Å². The van der Waals surface area contributed by atoms with E-state index in [9.17, 15) is 23.6 Å². The zero-order valence-corrected chi connectivity index (χ0v) is 19.3. The zero-order chi connectivity index (χ0) is 25.0. The van der Waals surface area contributed by atoms with Gasteiger partial charge in [-0.2, -0.15) is 0 Å². The molecule has 2 amide bonds. The Hall–Kier alpha value is -3.75. The molecule has 34 heavy (non-hydrogen) atoms. The number of rotatable bonds is 9. The lowest BCUT2D eigenvalue weighted by molar-refractivity contribution is -0.141. The van der Waals surface area contributed by atoms with Gasteiger partial charge in [0.15, 0.2) is 5.78 Å². The monoisotopic (exact) mass is 469 g/mol. The van der Waals surface area contributed by atoms with Crippen molar-refractivity contribution in [1.29, 1.82) is 0 Å². The van der Waals surface area contributed by atoms with Crippen LogP contribution >= 0.6 is 0 Å². The van der Waals surface area contributed by atoms with Gasteiger partial charge in [-0.15, -0.1) is 0 Å². The van der Waals surface area contributed by atoms with Gasteiger partial charge in [-0.3, -0.25) is 24.1 Å². The number of nitrogens with zero attached hydrogens (tertiary/aromatic N) is 2. The molecule has 0 fully saturated rings. The Kier molecular flexibility index (Phi) is 7.65. The quantitative estimate of drug-likeness (QED) is 0.581. The molecule has 1 aliphatic heterocycles. The highest BCUT2D eigenvalue weighted by Crippen LogP contribution is 2.47. The Balaban J connectivity index is 1.89. The molecule has 0 bridgehead atoms. The first-order chi connectivity index (χ1) is 16.1. The highest BCUT2D eigenvalue weighted by molar-refractivity contribution is 6.10. The van der Waals surface area contributed by atoms with Gasteiger partial charge in [0, 0.05) is 19.4 Å². The molecule has 1 aliphatic rings. The number of halogens is 1. The van der Waals surface area contributed by atoms with Crippen LogP contribution in [0, 0.1) is 11.8 Å². The second-order valence-corrected chi connectivity index (χ2v) is 8.58. The van der Waals surface area contributed by atoms with Gasteiger partial charge in [-0.1, -0.05) is 38.1 Å². The zero-order valence-electron chi connectivity index (χ0n) is 19.3. The maximum atomic E-state index is 13.6. The van der Waals surface area contributed by atoms with Gasteiger partial charge in [-0.05, 0) is 30.2 Å². The minimum Gasteiger partial charge on any atom is -0.481 e. The van der Waals surface area contributed by atoms with Gasteiger partial charge in [-0.25, -0.2) is 4.39 Å². The summed E-state index contributed by atoms with van der Waals surface area (Å²) >= 11 is 0. The van der Waals surface area contributed by atoms with Crippen LogP contribution in [0.15, 0.2) is 48.5 Å². The molecule has 2 aromatic carbocycles. The highest BCUT2D eigenvalue weighted by Gasteiger charge is 2.35. The summed E-state index contributed by atoms with van der Waals surface area (Å²) in [5.41, 5.74) is 3.01. The van der Waals surface area contributed by atoms with Crippen molar-refractivity contribution in [2.75, 3.05) is 23.5 Å². The van der Waals surface area contributed by atoms with Crippen LogP contribution in [-0.2, 0) is 19.2 Å². The predicted octanol–water partition coefficient (Wildman–Crippen LogP) is 3.59. The standard InChI is InChI=1S/C25H28FN3O5/c1-15(2)16(25(34)27-17(13-24(32)33)22(30)14-26)12-23(31)29-20-10-6-4-8-18(20)28(3)19-9-5-7-11-21(19)29/h4-11,15-17H,12-14H2,1-3H3,(H,27,34)(H,32,33). The molecule has 8 nitrogen and oxygen atoms in total. The lowest BCUT2D eigenvalue weighted by Crippen LogP contribution is -2.47. The molecule has 9 heteroatoms. The van der Waals surface area contributed by atoms with E-state index in [1.807, 2.05) is 60.5 Å². The summed E-state index contributed by atoms with van der Waals surface area (Å²) in [5, 5.41) is 11.4. The number of ketones is 1. The van der Waals surface area contributed by atoms with Crippen molar-refractivity contribution in [1.82, 2.24) is 5.32 Å². The molecule has 2 atom stereocenters. The second-order valence-electron chi connectivity index (χ2n) is 8.58. The van der Waals surface area contributed by atoms with Crippen LogP contribution in [0.5, 0.6) is 0 Å². The van der Waals surface area contributed by atoms with E-state index in [0.717, 1.165) is 11.4 Å². The van der Waals surface area contributed by atoms with Crippen molar-refractivity contribution in [2.24, 2.45) is 11.8 Å². The number of para-hydroxylation sites is 4. The Labute approximate surface area is 197 Å². The number of fused-ring (bicyclic) bond motifs is 2. The fourth-order valence-electron chi connectivity index (χ4n) is 4.10. The summed E-state index contributed by atoms with van der Waals surface area (Å²) in [5.74, 6) is -4.50. The summed E-state index contributed by atoms with van der Waals surface area (Å²) < 4.78 is 12.9. The number of carbonyl (C=O) groups is 4. The molecule has 3 rings (SSSR count). The number of amides is 2. The van der Waals surface area contributed by atoms with Gasteiger partial charge in [0.25, 0.3) is 0 Å². The molecule has 180 valence electrons. The smallest absolute Gasteiger partial charge is 0.305 e. The van der Waals surface area contributed by atoms with E-state index in [4.69, 9.17) is 5.11 Å². The number of aliphatic carboxylic acids is 1. The SMILES string of the molecule is CC(C)C(CC(=O)N1c2ccccc2N(C)c2ccccc21)C(=O)NC(CC(=O)O)C(=O)CF. The number of carbonyl (C=O) groups excluding carboxylic acids is 3. The first kappa shape index (κ1) is 24.9. The molecule has 0 saturated heterocycles. The number of benzene rings is 2. The number of Topliss-reactive ketones (excluding diaryl/α,β-unsaturated/α-hetero) is 1. The number of hydrogen-bond donors (Lipinski definition) is 2. The molecule has 0 aliphatic carbocycles. The molecule has 2 N–H and O–H groups in total. The van der Waals surface area contributed by atoms with Crippen LogP contribution < -0.4 is 15.1 Å². The first-order valence-corrected chi connectivity index (χ1v) is 11.0. The van der Waals surface area contributed by atoms with E-state index in [1.165, 1.54) is 0 Å². The average molecular weight is 470 g/mol. The van der Waals surface area contributed by atoms with Crippen molar-refractivity contribution in [2.45, 2.75) is 32.7 Å². The maximum Gasteiger partial charge on any atom is 0.305 e. The minimum atomic E-state index is -1.49. The summed E-state index contributed by atoms with van der Waals surface area (Å²) in [7, 11) is 1.91. The van der Waals surface area contributed by atoms with E-state index in [1.54, 1.807) is 18.7 Å². The molecule has 0 spiro atoms. The van der Waals surface area contributed by atoms with Crippen LogP contribution in [0.4, 0.5) is 27.1 Å². The van der Waals surface area contributed by atoms with Gasteiger partial charge in [0.05, 0.1) is 29.2 Å². The number of hydrogen-bond acceptors (Lipinski definition) is 5. The second kappa shape index (κ2) is 10.5. The fourth-order valence-corrected chi connectivity index (χ4v) is 4.10. The third kappa shape index (κ3) is 5.08. The third-order valence-electron chi connectivity index (χ3n) is 5.97. The number of nitrogens with one attached hydrogen (secondary N) is 1. The van der Waals surface area contributed by atoms with Crippen LogP contribution in [0.2, 0.25) is 0 Å². The maximum absolute atomic E-state index is 13.6. The predicted molar refractivity (Wildman–Crippen MR) is 126 cm³/mol. The Bertz CT molecular complexity index is 1060. The molecule has 1 heterocycles. The van der Waals surface area contributed by atoms with Gasteiger partial charge < -0.3 is 15.3 Å². The van der Waals surface area contributed by atoms with E-state index in [0.29, 0.717) is 11.4 Å². The lowest BCUT2D eigenvalue weighted by Gasteiger charge is -2.38. The van der Waals surface area contributed by atoms with Crippen molar-refractivity contribution in [3.05, 3.63) is 48.5 Å². The van der Waals surface area contributed by atoms with Crippen molar-refractivity contribution >= 4 is 46.3 Å². The fraction of sp³-hybridized carbons (Fsp3) is 0.360. The molecule has 2 unspecified atom stereocenters.